The summed E-state index contributed by atoms with van der Waals surface area (Å²) in [6.45, 7) is 11.3. The molecule has 1 fully saturated rings. The second-order valence-corrected chi connectivity index (χ2v) is 8.36. The predicted octanol–water partition coefficient (Wildman–Crippen LogP) is 3.61. The van der Waals surface area contributed by atoms with E-state index in [1.54, 1.807) is 6.07 Å². The van der Waals surface area contributed by atoms with Crippen LogP contribution in [0.2, 0.25) is 0 Å². The summed E-state index contributed by atoms with van der Waals surface area (Å²) in [7, 11) is 0. The van der Waals surface area contributed by atoms with Crippen molar-refractivity contribution < 1.29 is 9.53 Å². The third-order valence-corrected chi connectivity index (χ3v) is 6.15. The van der Waals surface area contributed by atoms with E-state index in [0.717, 1.165) is 50.0 Å². The number of hydrogen-bond donors (Lipinski definition) is 1. The molecule has 1 aliphatic heterocycles. The molecule has 0 spiro atoms. The van der Waals surface area contributed by atoms with Gasteiger partial charge in [0.05, 0.1) is 23.9 Å². The molecule has 32 heavy (non-hydrogen) atoms. The Morgan fingerprint density at radius 2 is 2.03 bits per heavy atom. The molecule has 0 aromatic carbocycles. The van der Waals surface area contributed by atoms with Crippen LogP contribution in [-0.2, 0) is 6.42 Å². The molecular weight excluding hydrogens is 406 g/mol. The van der Waals surface area contributed by atoms with Crippen LogP contribution in [0.4, 0.5) is 0 Å². The van der Waals surface area contributed by atoms with Crippen LogP contribution < -0.4 is 10.3 Å². The lowest BCUT2D eigenvalue weighted by Crippen LogP contribution is -2.48. The molecule has 0 saturated carbocycles. The number of rotatable bonds is 9. The van der Waals surface area contributed by atoms with E-state index in [0.29, 0.717) is 34.8 Å². The number of likely N-dealkylation sites (N-methyl/N-ethyl adjacent to an activating group) is 1. The van der Waals surface area contributed by atoms with E-state index in [-0.39, 0.29) is 17.4 Å². The Morgan fingerprint density at radius 1 is 1.25 bits per heavy atom. The van der Waals surface area contributed by atoms with Crippen LogP contribution in [0.1, 0.15) is 62.6 Å². The number of Topliss-reactive ketones (excluding diaryl/α,β-unsaturated/α-hetero) is 1. The summed E-state index contributed by atoms with van der Waals surface area (Å²) in [4.78, 5) is 34.7. The predicted molar refractivity (Wildman–Crippen MR) is 125 cm³/mol. The van der Waals surface area contributed by atoms with Gasteiger partial charge in [-0.25, -0.2) is 4.98 Å². The number of nitrogens with zero attached hydrogens (tertiary/aromatic N) is 4. The number of ether oxygens (including phenoxy) is 1. The maximum absolute atomic E-state index is 13.0. The second kappa shape index (κ2) is 9.24. The van der Waals surface area contributed by atoms with Crippen molar-refractivity contribution in [2.45, 2.75) is 53.0 Å². The minimum absolute atomic E-state index is 0.0881. The van der Waals surface area contributed by atoms with Crippen molar-refractivity contribution in [1.82, 2.24) is 24.6 Å². The molecule has 8 nitrogen and oxygen atoms in total. The lowest BCUT2D eigenvalue weighted by atomic mass is 10.1. The quantitative estimate of drug-likeness (QED) is 0.406. The lowest BCUT2D eigenvalue weighted by molar-refractivity contribution is 0.101. The highest BCUT2D eigenvalue weighted by Gasteiger charge is 2.30. The zero-order valence-corrected chi connectivity index (χ0v) is 19.3. The number of unbranched alkanes of at least 4 members (excludes halogenated alkanes) is 1. The summed E-state index contributed by atoms with van der Waals surface area (Å²) < 4.78 is 7.93. The Bertz CT molecular complexity index is 1190. The van der Waals surface area contributed by atoms with Gasteiger partial charge in [-0.1, -0.05) is 27.2 Å². The van der Waals surface area contributed by atoms with E-state index in [1.165, 1.54) is 13.1 Å². The van der Waals surface area contributed by atoms with Gasteiger partial charge in [-0.3, -0.25) is 19.2 Å². The molecule has 3 aromatic rings. The van der Waals surface area contributed by atoms with Gasteiger partial charge in [0.15, 0.2) is 11.3 Å². The summed E-state index contributed by atoms with van der Waals surface area (Å²) in [6.07, 6.45) is 4.19. The number of pyridine rings is 2. The van der Waals surface area contributed by atoms with Crippen molar-refractivity contribution in [3.8, 4) is 17.1 Å². The molecule has 170 valence electrons. The van der Waals surface area contributed by atoms with Crippen molar-refractivity contribution in [2.75, 3.05) is 26.2 Å². The Balaban J connectivity index is 1.82. The average molecular weight is 438 g/mol. The first-order valence-electron chi connectivity index (χ1n) is 11.5. The number of nitrogens with one attached hydrogen (secondary N) is 1. The minimum atomic E-state index is -0.245. The van der Waals surface area contributed by atoms with E-state index in [1.807, 2.05) is 10.7 Å². The monoisotopic (exact) mass is 437 g/mol. The lowest BCUT2D eigenvalue weighted by Gasteiger charge is -2.39. The maximum atomic E-state index is 13.0. The zero-order valence-electron chi connectivity index (χ0n) is 19.3. The van der Waals surface area contributed by atoms with E-state index in [2.05, 4.69) is 40.7 Å². The van der Waals surface area contributed by atoms with Crippen LogP contribution in [0.25, 0.3) is 22.2 Å². The normalized spacial score (nSPS) is 14.6. The Morgan fingerprint density at radius 3 is 2.69 bits per heavy atom. The summed E-state index contributed by atoms with van der Waals surface area (Å²) in [5.41, 5.74) is 2.93. The highest BCUT2D eigenvalue weighted by molar-refractivity contribution is 5.95. The van der Waals surface area contributed by atoms with E-state index in [9.17, 15) is 9.59 Å². The molecule has 0 aliphatic carbocycles. The molecule has 0 atom stereocenters. The van der Waals surface area contributed by atoms with Crippen LogP contribution in [0.3, 0.4) is 0 Å². The first kappa shape index (κ1) is 22.2. The SMILES string of the molecule is CCCCOc1ncc(C(C)=O)cc1-c1cc2c(CC)n(C3CN(CC)C3)nc2c(=O)[nH]1. The summed E-state index contributed by atoms with van der Waals surface area (Å²) in [5, 5.41) is 5.52. The van der Waals surface area contributed by atoms with Gasteiger partial charge >= 0.3 is 0 Å². The molecule has 0 bridgehead atoms. The molecular formula is C24H31N5O3. The highest BCUT2D eigenvalue weighted by Crippen LogP contribution is 2.32. The van der Waals surface area contributed by atoms with Gasteiger partial charge in [-0.15, -0.1) is 0 Å². The van der Waals surface area contributed by atoms with Crippen LogP contribution in [0.5, 0.6) is 5.88 Å². The molecule has 0 amide bonds. The third kappa shape index (κ3) is 4.07. The summed E-state index contributed by atoms with van der Waals surface area (Å²) >= 11 is 0. The smallest absolute Gasteiger partial charge is 0.276 e. The number of carbonyl (C=O) groups excluding carboxylic acids is 1. The van der Waals surface area contributed by atoms with Crippen molar-refractivity contribution in [3.05, 3.63) is 39.9 Å². The molecule has 1 saturated heterocycles. The zero-order chi connectivity index (χ0) is 22.8. The molecule has 4 rings (SSSR count). The second-order valence-electron chi connectivity index (χ2n) is 8.36. The number of H-pyrrole nitrogens is 1. The van der Waals surface area contributed by atoms with Crippen molar-refractivity contribution >= 4 is 16.7 Å². The Hall–Kier alpha value is -3.00. The first-order valence-corrected chi connectivity index (χ1v) is 11.5. The summed E-state index contributed by atoms with van der Waals surface area (Å²) in [6, 6.07) is 3.98. The maximum Gasteiger partial charge on any atom is 0.276 e. The molecule has 3 aromatic heterocycles. The first-order chi connectivity index (χ1) is 15.5. The number of ketones is 1. The number of likely N-dealkylation sites (tertiary alicyclic amines) is 1. The fraction of sp³-hybridized carbons (Fsp3) is 0.500. The topological polar surface area (TPSA) is 93.1 Å². The van der Waals surface area contributed by atoms with E-state index < -0.39 is 0 Å². The molecule has 1 aliphatic rings. The number of aryl methyl sites for hydroxylation is 1. The van der Waals surface area contributed by atoms with Crippen LogP contribution in [0.15, 0.2) is 23.1 Å². The van der Waals surface area contributed by atoms with Gasteiger partial charge < -0.3 is 9.72 Å². The van der Waals surface area contributed by atoms with E-state index >= 15 is 0 Å². The third-order valence-electron chi connectivity index (χ3n) is 6.15. The number of hydrogen-bond acceptors (Lipinski definition) is 6. The van der Waals surface area contributed by atoms with Gasteiger partial charge in [-0.2, -0.15) is 5.10 Å². The Kier molecular flexibility index (Phi) is 6.41. The van der Waals surface area contributed by atoms with Gasteiger partial charge in [0.1, 0.15) is 0 Å². The molecule has 0 radical (unpaired) electrons. The minimum Gasteiger partial charge on any atom is -0.477 e. The van der Waals surface area contributed by atoms with Gasteiger partial charge in [-0.05, 0) is 38.4 Å². The number of aromatic amines is 1. The Labute approximate surface area is 187 Å². The molecule has 4 heterocycles. The fourth-order valence-corrected chi connectivity index (χ4v) is 4.18. The van der Waals surface area contributed by atoms with E-state index in [4.69, 9.17) is 4.74 Å². The van der Waals surface area contributed by atoms with Crippen LogP contribution in [-0.4, -0.2) is 56.7 Å². The van der Waals surface area contributed by atoms with Crippen LogP contribution >= 0.6 is 0 Å². The van der Waals surface area contributed by atoms with Gasteiger partial charge in [0.2, 0.25) is 5.88 Å². The van der Waals surface area contributed by atoms with Crippen molar-refractivity contribution in [1.29, 1.82) is 0 Å². The van der Waals surface area contributed by atoms with Crippen molar-refractivity contribution in [2.24, 2.45) is 0 Å². The summed E-state index contributed by atoms with van der Waals surface area (Å²) in [5.74, 6) is 0.330. The van der Waals surface area contributed by atoms with Gasteiger partial charge in [0, 0.05) is 35.9 Å². The largest absolute Gasteiger partial charge is 0.477 e. The fourth-order valence-electron chi connectivity index (χ4n) is 4.18. The standard InChI is InChI=1S/C24H31N5O3/c1-5-8-9-32-24-18(10-16(12-25-24)15(4)30)20-11-19-21(6-2)29(17-13-28(7-3)14-17)27-22(19)23(31)26-20/h10-12,17H,5-9,13-14H2,1-4H3,(H,26,31). The number of fused-ring (bicyclic) bond motifs is 1. The van der Waals surface area contributed by atoms with Crippen LogP contribution in [0, 0.1) is 0 Å². The molecule has 0 unspecified atom stereocenters. The highest BCUT2D eigenvalue weighted by atomic mass is 16.5. The van der Waals surface area contributed by atoms with Gasteiger partial charge in [0.25, 0.3) is 5.56 Å². The number of aromatic nitrogens is 4. The molecule has 8 heteroatoms. The number of carbonyl (C=O) groups is 1. The average Bonchev–Trinajstić information content (AvgIpc) is 3.12. The molecule has 1 N–H and O–H groups in total. The van der Waals surface area contributed by atoms with Crippen molar-refractivity contribution in [3.63, 3.8) is 0 Å².